The van der Waals surface area contributed by atoms with Crippen LogP contribution in [0.1, 0.15) is 10.4 Å². The summed E-state index contributed by atoms with van der Waals surface area (Å²) < 4.78 is 1.27. The summed E-state index contributed by atoms with van der Waals surface area (Å²) in [4.78, 5) is 32.4. The molecule has 34 heavy (non-hydrogen) atoms. The van der Waals surface area contributed by atoms with Crippen LogP contribution in [0.4, 0.5) is 11.4 Å². The molecule has 2 N–H and O–H groups in total. The number of nitrogens with zero attached hydrogens (tertiary/aromatic N) is 6. The highest BCUT2D eigenvalue weighted by Crippen LogP contribution is 2.28. The Balaban J connectivity index is 1.44. The number of H-pyrrole nitrogens is 1. The van der Waals surface area contributed by atoms with Crippen LogP contribution < -0.4 is 5.32 Å². The van der Waals surface area contributed by atoms with Gasteiger partial charge in [-0.2, -0.15) is 10.2 Å². The summed E-state index contributed by atoms with van der Waals surface area (Å²) in [5.74, 6) is 0.488. The molecule has 0 saturated heterocycles. The lowest BCUT2D eigenvalue weighted by Crippen LogP contribution is -2.13. The molecule has 11 nitrogen and oxygen atoms in total. The minimum Gasteiger partial charge on any atom is -0.321 e. The third-order valence-electron chi connectivity index (χ3n) is 5.05. The molecular weight excluding hydrogens is 436 g/mol. The molecule has 5 rings (SSSR count). The molecule has 2 aromatic heterocycles. The quantitative estimate of drug-likeness (QED) is 0.294. The molecule has 0 aliphatic carbocycles. The first kappa shape index (κ1) is 20.7. The van der Waals surface area contributed by atoms with Crippen molar-refractivity contribution >= 4 is 17.3 Å². The molecule has 0 radical (unpaired) electrons. The number of aromatic nitrogens is 6. The molecule has 0 saturated carbocycles. The van der Waals surface area contributed by atoms with Gasteiger partial charge >= 0.3 is 0 Å². The Bertz CT molecular complexity index is 1480. The summed E-state index contributed by atoms with van der Waals surface area (Å²) in [6, 6.07) is 20.7. The van der Waals surface area contributed by atoms with Crippen molar-refractivity contribution in [1.82, 2.24) is 29.9 Å². The lowest BCUT2D eigenvalue weighted by atomic mass is 10.1. The predicted octanol–water partition coefficient (Wildman–Crippen LogP) is 3.88. The van der Waals surface area contributed by atoms with Gasteiger partial charge in [-0.15, -0.1) is 0 Å². The molecule has 5 aromatic rings. The maximum Gasteiger partial charge on any atom is 0.295 e. The summed E-state index contributed by atoms with van der Waals surface area (Å²) in [5, 5.41) is 25.5. The number of nitrogens with one attached hydrogen (secondary N) is 2. The molecule has 166 valence electrons. The third kappa shape index (κ3) is 4.00. The van der Waals surface area contributed by atoms with Crippen LogP contribution in [0.2, 0.25) is 0 Å². The van der Waals surface area contributed by atoms with Crippen LogP contribution in [-0.4, -0.2) is 40.8 Å². The SMILES string of the molecule is O=C(Nc1ccccc1-c1nc(-c2ccccc2)n[nH]1)c1ccc(-n2cncn2)c([N+](=O)[O-])c1. The van der Waals surface area contributed by atoms with Crippen LogP contribution in [0.25, 0.3) is 28.5 Å². The van der Waals surface area contributed by atoms with E-state index >= 15 is 0 Å². The molecule has 2 heterocycles. The van der Waals surface area contributed by atoms with Gasteiger partial charge in [0.2, 0.25) is 0 Å². The summed E-state index contributed by atoms with van der Waals surface area (Å²) in [6.45, 7) is 0. The van der Waals surface area contributed by atoms with Gasteiger partial charge in [0.25, 0.3) is 11.6 Å². The molecule has 0 atom stereocenters. The van der Waals surface area contributed by atoms with Crippen LogP contribution in [-0.2, 0) is 0 Å². The van der Waals surface area contributed by atoms with Gasteiger partial charge in [0, 0.05) is 22.8 Å². The second-order valence-corrected chi connectivity index (χ2v) is 7.17. The molecule has 0 aliphatic heterocycles. The summed E-state index contributed by atoms with van der Waals surface area (Å²) in [5.41, 5.74) is 2.01. The van der Waals surface area contributed by atoms with Crippen LogP contribution >= 0.6 is 0 Å². The lowest BCUT2D eigenvalue weighted by Gasteiger charge is -2.10. The summed E-state index contributed by atoms with van der Waals surface area (Å²) in [6.07, 6.45) is 2.62. The normalized spacial score (nSPS) is 10.7. The van der Waals surface area contributed by atoms with Crippen molar-refractivity contribution in [3.8, 4) is 28.5 Å². The highest BCUT2D eigenvalue weighted by atomic mass is 16.6. The standard InChI is InChI=1S/C23H16N8O3/c32-23(16-10-11-19(20(12-16)31(33)34)30-14-24-13-25-30)26-18-9-5-4-8-17(18)22-27-21(28-29-22)15-6-2-1-3-7-15/h1-14H,(H,26,32)(H,27,28,29). The zero-order valence-corrected chi connectivity index (χ0v) is 17.5. The fourth-order valence-corrected chi connectivity index (χ4v) is 3.43. The van der Waals surface area contributed by atoms with E-state index in [0.717, 1.165) is 5.56 Å². The smallest absolute Gasteiger partial charge is 0.295 e. The Hall–Kier alpha value is -5.19. The van der Waals surface area contributed by atoms with Crippen LogP contribution in [0.15, 0.2) is 85.5 Å². The van der Waals surface area contributed by atoms with E-state index in [1.54, 1.807) is 18.2 Å². The van der Waals surface area contributed by atoms with E-state index in [1.807, 2.05) is 36.4 Å². The van der Waals surface area contributed by atoms with Gasteiger partial charge in [0.05, 0.1) is 10.6 Å². The summed E-state index contributed by atoms with van der Waals surface area (Å²) >= 11 is 0. The number of benzene rings is 3. The number of hydrogen-bond donors (Lipinski definition) is 2. The molecule has 0 fully saturated rings. The Morgan fingerprint density at radius 1 is 1.03 bits per heavy atom. The number of anilines is 1. The largest absolute Gasteiger partial charge is 0.321 e. The Morgan fingerprint density at radius 3 is 2.59 bits per heavy atom. The zero-order valence-electron chi connectivity index (χ0n) is 17.5. The highest BCUT2D eigenvalue weighted by Gasteiger charge is 2.20. The van der Waals surface area contributed by atoms with Crippen molar-refractivity contribution in [2.45, 2.75) is 0 Å². The van der Waals surface area contributed by atoms with E-state index in [9.17, 15) is 14.9 Å². The zero-order chi connectivity index (χ0) is 23.5. The first-order chi connectivity index (χ1) is 16.6. The minimum atomic E-state index is -0.568. The first-order valence-electron chi connectivity index (χ1n) is 10.1. The molecule has 11 heteroatoms. The van der Waals surface area contributed by atoms with Crippen LogP contribution in [0.3, 0.4) is 0 Å². The van der Waals surface area contributed by atoms with Crippen LogP contribution in [0.5, 0.6) is 0 Å². The number of carbonyl (C=O) groups is 1. The van der Waals surface area contributed by atoms with Gasteiger partial charge in [0.15, 0.2) is 11.6 Å². The molecular formula is C23H16N8O3. The molecule has 0 bridgehead atoms. The molecule has 3 aromatic carbocycles. The van der Waals surface area contributed by atoms with Crippen LogP contribution in [0, 0.1) is 10.1 Å². The monoisotopic (exact) mass is 452 g/mol. The van der Waals surface area contributed by atoms with Gasteiger partial charge in [-0.05, 0) is 24.3 Å². The van der Waals surface area contributed by atoms with Crippen molar-refractivity contribution < 1.29 is 9.72 Å². The van der Waals surface area contributed by atoms with Crippen molar-refractivity contribution in [3.63, 3.8) is 0 Å². The van der Waals surface area contributed by atoms with Gasteiger partial charge in [-0.3, -0.25) is 20.0 Å². The summed E-state index contributed by atoms with van der Waals surface area (Å²) in [7, 11) is 0. The number of hydrogen-bond acceptors (Lipinski definition) is 7. The maximum atomic E-state index is 13.0. The number of carbonyl (C=O) groups excluding carboxylic acids is 1. The molecule has 1 amide bonds. The molecule has 0 aliphatic rings. The Labute approximate surface area is 192 Å². The lowest BCUT2D eigenvalue weighted by molar-refractivity contribution is -0.384. The second-order valence-electron chi connectivity index (χ2n) is 7.17. The van der Waals surface area contributed by atoms with Gasteiger partial charge in [-0.25, -0.2) is 14.6 Å². The number of rotatable bonds is 6. The number of para-hydroxylation sites is 1. The van der Waals surface area contributed by atoms with Gasteiger partial charge < -0.3 is 5.32 Å². The van der Waals surface area contributed by atoms with Crippen molar-refractivity contribution in [3.05, 3.63) is 101 Å². The first-order valence-corrected chi connectivity index (χ1v) is 10.1. The number of aromatic amines is 1. The average Bonchev–Trinajstić information content (AvgIpc) is 3.57. The predicted molar refractivity (Wildman–Crippen MR) is 123 cm³/mol. The van der Waals surface area contributed by atoms with E-state index in [-0.39, 0.29) is 16.9 Å². The number of nitro benzene ring substituents is 1. The Kier molecular flexibility index (Phi) is 5.32. The maximum absolute atomic E-state index is 13.0. The van der Waals surface area contributed by atoms with Crippen molar-refractivity contribution in [2.75, 3.05) is 5.32 Å². The topological polar surface area (TPSA) is 145 Å². The van der Waals surface area contributed by atoms with Gasteiger partial charge in [-0.1, -0.05) is 42.5 Å². The van der Waals surface area contributed by atoms with Crippen molar-refractivity contribution in [2.24, 2.45) is 0 Å². The third-order valence-corrected chi connectivity index (χ3v) is 5.05. The van der Waals surface area contributed by atoms with E-state index in [2.05, 4.69) is 30.6 Å². The fourth-order valence-electron chi connectivity index (χ4n) is 3.43. The van der Waals surface area contributed by atoms with E-state index in [1.165, 1.54) is 35.5 Å². The number of amides is 1. The average molecular weight is 452 g/mol. The number of nitro groups is 1. The molecule has 0 spiro atoms. The van der Waals surface area contributed by atoms with Crippen molar-refractivity contribution in [1.29, 1.82) is 0 Å². The minimum absolute atomic E-state index is 0.118. The van der Waals surface area contributed by atoms with Gasteiger partial charge in [0.1, 0.15) is 18.3 Å². The highest BCUT2D eigenvalue weighted by molar-refractivity contribution is 6.06. The van der Waals surface area contributed by atoms with E-state index in [4.69, 9.17) is 0 Å². The second kappa shape index (κ2) is 8.74. The van der Waals surface area contributed by atoms with E-state index in [0.29, 0.717) is 22.9 Å². The van der Waals surface area contributed by atoms with E-state index < -0.39 is 10.8 Å². The Morgan fingerprint density at radius 2 is 1.82 bits per heavy atom. The molecule has 0 unspecified atom stereocenters. The fraction of sp³-hybridized carbons (Fsp3) is 0.